The highest BCUT2D eigenvalue weighted by atomic mass is 32.1. The van der Waals surface area contributed by atoms with Crippen LogP contribution in [-0.4, -0.2) is 42.4 Å². The fraction of sp³-hybridized carbons (Fsp3) is 0.211. The Morgan fingerprint density at radius 1 is 1.07 bits per heavy atom. The van der Waals surface area contributed by atoms with Crippen LogP contribution in [0.2, 0.25) is 0 Å². The third-order valence-corrected chi connectivity index (χ3v) is 4.34. The summed E-state index contributed by atoms with van der Waals surface area (Å²) in [4.78, 5) is 0. The molecule has 0 aliphatic heterocycles. The minimum absolute atomic E-state index is 0.378. The molecule has 1 heterocycles. The molecule has 0 atom stereocenters. The lowest BCUT2D eigenvalue weighted by atomic mass is 10.1. The molecular weight excluding hydrogens is 364 g/mol. The molecule has 0 saturated heterocycles. The molecule has 7 nitrogen and oxygen atoms in total. The molecule has 1 N–H and O–H groups in total. The Balaban J connectivity index is 2.10. The quantitative estimate of drug-likeness (QED) is 0.517. The van der Waals surface area contributed by atoms with Crippen LogP contribution in [0.25, 0.3) is 11.4 Å². The third-order valence-electron chi connectivity index (χ3n) is 4.07. The summed E-state index contributed by atoms with van der Waals surface area (Å²) in [5.74, 6) is 2.09. The van der Waals surface area contributed by atoms with E-state index < -0.39 is 0 Å². The maximum atomic E-state index is 5.42. The van der Waals surface area contributed by atoms with E-state index in [2.05, 4.69) is 15.3 Å². The predicted molar refractivity (Wildman–Crippen MR) is 107 cm³/mol. The molecule has 3 aromatic rings. The Bertz CT molecular complexity index is 1010. The van der Waals surface area contributed by atoms with Gasteiger partial charge in [-0.1, -0.05) is 24.3 Å². The predicted octanol–water partition coefficient (Wildman–Crippen LogP) is 3.82. The second kappa shape index (κ2) is 8.05. The van der Waals surface area contributed by atoms with Crippen LogP contribution in [0.3, 0.4) is 0 Å². The number of hydrogen-bond donors (Lipinski definition) is 1. The van der Waals surface area contributed by atoms with Crippen LogP contribution in [0.1, 0.15) is 11.1 Å². The van der Waals surface area contributed by atoms with E-state index >= 15 is 0 Å². The van der Waals surface area contributed by atoms with Crippen LogP contribution in [0.4, 0.5) is 0 Å². The zero-order valence-corrected chi connectivity index (χ0v) is 16.3. The van der Waals surface area contributed by atoms with E-state index in [1.807, 2.05) is 31.2 Å². The Labute approximate surface area is 162 Å². The number of methoxy groups -OCH3 is 3. The molecule has 0 fully saturated rings. The molecule has 8 heteroatoms. The standard InChI is InChI=1S/C19H20N4O3S/c1-12-7-5-6-8-13(12)11-20-23-18(21-22-19(23)27)14-9-15(24-2)17(26-4)16(10-14)25-3/h5-11H,1-4H3,(H,22,27)/b20-11+. The summed E-state index contributed by atoms with van der Waals surface area (Å²) in [6.07, 6.45) is 1.75. The van der Waals surface area contributed by atoms with E-state index in [0.29, 0.717) is 27.8 Å². The molecule has 0 bridgehead atoms. The lowest BCUT2D eigenvalue weighted by molar-refractivity contribution is 0.324. The number of aromatic amines is 1. The van der Waals surface area contributed by atoms with Gasteiger partial charge in [0, 0.05) is 5.56 Å². The van der Waals surface area contributed by atoms with Crippen LogP contribution in [0.15, 0.2) is 41.5 Å². The molecule has 3 rings (SSSR count). The largest absolute Gasteiger partial charge is 0.493 e. The van der Waals surface area contributed by atoms with Crippen molar-refractivity contribution in [1.82, 2.24) is 14.9 Å². The zero-order valence-electron chi connectivity index (χ0n) is 15.5. The van der Waals surface area contributed by atoms with Crippen LogP contribution < -0.4 is 14.2 Å². The lowest BCUT2D eigenvalue weighted by Crippen LogP contribution is -1.99. The first-order valence-electron chi connectivity index (χ1n) is 8.16. The van der Waals surface area contributed by atoms with Crippen LogP contribution in [-0.2, 0) is 0 Å². The highest BCUT2D eigenvalue weighted by molar-refractivity contribution is 7.71. The van der Waals surface area contributed by atoms with Crippen LogP contribution >= 0.6 is 12.2 Å². The van der Waals surface area contributed by atoms with Crippen molar-refractivity contribution in [3.05, 3.63) is 52.3 Å². The maximum absolute atomic E-state index is 5.42. The van der Waals surface area contributed by atoms with Crippen molar-refractivity contribution in [2.45, 2.75) is 6.92 Å². The van der Waals surface area contributed by atoms with Gasteiger partial charge in [-0.15, -0.1) is 0 Å². The smallest absolute Gasteiger partial charge is 0.216 e. The first-order valence-corrected chi connectivity index (χ1v) is 8.57. The summed E-state index contributed by atoms with van der Waals surface area (Å²) < 4.78 is 18.1. The summed E-state index contributed by atoms with van der Waals surface area (Å²) in [7, 11) is 4.69. The minimum atomic E-state index is 0.378. The molecule has 2 aromatic carbocycles. The molecule has 0 unspecified atom stereocenters. The second-order valence-corrected chi connectivity index (χ2v) is 6.07. The molecular formula is C19H20N4O3S. The number of rotatable bonds is 6. The van der Waals surface area contributed by atoms with Crippen molar-refractivity contribution < 1.29 is 14.2 Å². The fourth-order valence-electron chi connectivity index (χ4n) is 2.65. The Morgan fingerprint density at radius 3 is 2.33 bits per heavy atom. The van der Waals surface area contributed by atoms with Crippen molar-refractivity contribution in [2.75, 3.05) is 21.3 Å². The molecule has 0 spiro atoms. The molecule has 27 heavy (non-hydrogen) atoms. The first kappa shape index (κ1) is 18.7. The van der Waals surface area contributed by atoms with Gasteiger partial charge in [-0.3, -0.25) is 0 Å². The van der Waals surface area contributed by atoms with Crippen molar-refractivity contribution in [3.8, 4) is 28.6 Å². The molecule has 0 saturated carbocycles. The van der Waals surface area contributed by atoms with Gasteiger partial charge in [-0.05, 0) is 42.4 Å². The van der Waals surface area contributed by atoms with E-state index in [1.54, 1.807) is 44.4 Å². The number of aromatic nitrogens is 3. The summed E-state index contributed by atoms with van der Waals surface area (Å²) in [6, 6.07) is 11.6. The monoisotopic (exact) mass is 384 g/mol. The van der Waals surface area contributed by atoms with Gasteiger partial charge in [0.2, 0.25) is 10.5 Å². The molecule has 0 amide bonds. The van der Waals surface area contributed by atoms with Crippen LogP contribution in [0.5, 0.6) is 17.2 Å². The van der Waals surface area contributed by atoms with E-state index in [-0.39, 0.29) is 0 Å². The van der Waals surface area contributed by atoms with Gasteiger partial charge in [0.05, 0.1) is 27.5 Å². The van der Waals surface area contributed by atoms with Gasteiger partial charge in [-0.25, -0.2) is 5.10 Å². The van der Waals surface area contributed by atoms with E-state index in [9.17, 15) is 0 Å². The van der Waals surface area contributed by atoms with Gasteiger partial charge < -0.3 is 14.2 Å². The summed E-state index contributed by atoms with van der Waals surface area (Å²) >= 11 is 5.34. The van der Waals surface area contributed by atoms with E-state index in [4.69, 9.17) is 26.4 Å². The number of aryl methyl sites for hydroxylation is 1. The number of ether oxygens (including phenoxy) is 3. The SMILES string of the molecule is COc1cc(-c2n[nH]c(=S)n2/N=C/c2ccccc2C)cc(OC)c1OC. The molecule has 0 aliphatic rings. The maximum Gasteiger partial charge on any atom is 0.216 e. The molecule has 0 radical (unpaired) electrons. The van der Waals surface area contributed by atoms with Crippen molar-refractivity contribution in [3.63, 3.8) is 0 Å². The fourth-order valence-corrected chi connectivity index (χ4v) is 2.83. The Hall–Kier alpha value is -3.13. The van der Waals surface area contributed by atoms with Gasteiger partial charge in [-0.2, -0.15) is 14.9 Å². The zero-order chi connectivity index (χ0) is 19.4. The summed E-state index contributed by atoms with van der Waals surface area (Å²) in [5, 5.41) is 11.6. The number of benzene rings is 2. The van der Waals surface area contributed by atoms with E-state index in [1.165, 1.54) is 0 Å². The topological polar surface area (TPSA) is 73.7 Å². The molecule has 1 aromatic heterocycles. The number of nitrogens with zero attached hydrogens (tertiary/aromatic N) is 3. The van der Waals surface area contributed by atoms with Gasteiger partial charge in [0.15, 0.2) is 17.3 Å². The van der Waals surface area contributed by atoms with Crippen molar-refractivity contribution in [2.24, 2.45) is 5.10 Å². The highest BCUT2D eigenvalue weighted by Gasteiger charge is 2.17. The number of H-pyrrole nitrogens is 1. The molecule has 0 aliphatic carbocycles. The van der Waals surface area contributed by atoms with Gasteiger partial charge >= 0.3 is 0 Å². The van der Waals surface area contributed by atoms with Crippen LogP contribution in [0, 0.1) is 11.7 Å². The minimum Gasteiger partial charge on any atom is -0.493 e. The average molecular weight is 384 g/mol. The Kier molecular flexibility index (Phi) is 5.56. The summed E-state index contributed by atoms with van der Waals surface area (Å²) in [6.45, 7) is 2.02. The van der Waals surface area contributed by atoms with E-state index in [0.717, 1.165) is 16.7 Å². The molecule has 140 valence electrons. The van der Waals surface area contributed by atoms with Crippen molar-refractivity contribution in [1.29, 1.82) is 0 Å². The average Bonchev–Trinajstić information content (AvgIpc) is 3.06. The first-order chi connectivity index (χ1) is 13.1. The highest BCUT2D eigenvalue weighted by Crippen LogP contribution is 2.40. The Morgan fingerprint density at radius 2 is 1.74 bits per heavy atom. The number of nitrogens with one attached hydrogen (secondary N) is 1. The van der Waals surface area contributed by atoms with Crippen molar-refractivity contribution >= 4 is 18.4 Å². The van der Waals surface area contributed by atoms with Gasteiger partial charge in [0.25, 0.3) is 0 Å². The third kappa shape index (κ3) is 3.70. The lowest BCUT2D eigenvalue weighted by Gasteiger charge is -2.13. The number of hydrogen-bond acceptors (Lipinski definition) is 6. The second-order valence-electron chi connectivity index (χ2n) is 5.68. The normalized spacial score (nSPS) is 11.0. The summed E-state index contributed by atoms with van der Waals surface area (Å²) in [5.41, 5.74) is 2.83. The van der Waals surface area contributed by atoms with Gasteiger partial charge in [0.1, 0.15) is 0 Å².